The predicted octanol–water partition coefficient (Wildman–Crippen LogP) is 3.47. The van der Waals surface area contributed by atoms with E-state index < -0.39 is 0 Å². The molecule has 0 radical (unpaired) electrons. The summed E-state index contributed by atoms with van der Waals surface area (Å²) in [6.07, 6.45) is 5.68. The molecule has 0 N–H and O–H groups in total. The third-order valence-electron chi connectivity index (χ3n) is 3.01. The highest BCUT2D eigenvalue weighted by Gasteiger charge is 2.14. The minimum absolute atomic E-state index is 0.516. The van der Waals surface area contributed by atoms with Crippen LogP contribution in [-0.2, 0) is 6.42 Å². The van der Waals surface area contributed by atoms with Crippen LogP contribution in [0.3, 0.4) is 0 Å². The lowest BCUT2D eigenvalue weighted by Gasteiger charge is -2.19. The molecule has 15 heavy (non-hydrogen) atoms. The molecule has 1 heterocycles. The third kappa shape index (κ3) is 2.68. The molecule has 0 aromatic heterocycles. The summed E-state index contributed by atoms with van der Waals surface area (Å²) in [5.74, 6) is 0.789. The summed E-state index contributed by atoms with van der Waals surface area (Å²) in [5.41, 5.74) is 2.76. The lowest BCUT2D eigenvalue weighted by molar-refractivity contribution is 0.494. The van der Waals surface area contributed by atoms with E-state index in [1.54, 1.807) is 0 Å². The Hall–Kier alpha value is -1.11. The molecule has 1 aliphatic heterocycles. The van der Waals surface area contributed by atoms with Gasteiger partial charge in [-0.3, -0.25) is 4.99 Å². The average molecular weight is 201 g/mol. The highest BCUT2D eigenvalue weighted by atomic mass is 14.8. The fourth-order valence-electron chi connectivity index (χ4n) is 2.04. The third-order valence-corrected chi connectivity index (χ3v) is 3.01. The number of nitrogens with zero attached hydrogens (tertiary/aromatic N) is 1. The molecule has 1 aliphatic rings. The Morgan fingerprint density at radius 2 is 2.13 bits per heavy atom. The topological polar surface area (TPSA) is 12.4 Å². The molecule has 80 valence electrons. The molecule has 0 bridgehead atoms. The van der Waals surface area contributed by atoms with Gasteiger partial charge >= 0.3 is 0 Å². The molecule has 0 saturated heterocycles. The van der Waals surface area contributed by atoms with E-state index in [9.17, 15) is 0 Å². The van der Waals surface area contributed by atoms with E-state index in [4.69, 9.17) is 0 Å². The van der Waals surface area contributed by atoms with Gasteiger partial charge in [-0.2, -0.15) is 0 Å². The van der Waals surface area contributed by atoms with Crippen molar-refractivity contribution in [2.75, 3.05) is 0 Å². The zero-order chi connectivity index (χ0) is 10.7. The molecule has 2 rings (SSSR count). The van der Waals surface area contributed by atoms with Crippen LogP contribution in [0.1, 0.15) is 37.8 Å². The van der Waals surface area contributed by atoms with Crippen molar-refractivity contribution in [2.45, 2.75) is 39.2 Å². The molecule has 1 atom stereocenters. The predicted molar refractivity (Wildman–Crippen MR) is 65.6 cm³/mol. The van der Waals surface area contributed by atoms with E-state index in [1.807, 2.05) is 6.21 Å². The van der Waals surface area contributed by atoms with Crippen LogP contribution in [0, 0.1) is 5.92 Å². The van der Waals surface area contributed by atoms with Crippen molar-refractivity contribution >= 4 is 6.21 Å². The van der Waals surface area contributed by atoms with E-state index in [-0.39, 0.29) is 0 Å². The van der Waals surface area contributed by atoms with Crippen LogP contribution in [-0.4, -0.2) is 12.3 Å². The minimum atomic E-state index is 0.516. The standard InChI is InChI=1S/C14H19N/c1-11(2)7-8-14-9-12-5-3-4-6-13(12)10-15-14/h3-6,10-11,14H,7-9H2,1-2H3. The van der Waals surface area contributed by atoms with Crippen LogP contribution in [0.5, 0.6) is 0 Å². The monoisotopic (exact) mass is 201 g/mol. The molecule has 1 nitrogen and oxygen atoms in total. The lowest BCUT2D eigenvalue weighted by atomic mass is 9.94. The summed E-state index contributed by atoms with van der Waals surface area (Å²) < 4.78 is 0. The number of fused-ring (bicyclic) bond motifs is 1. The van der Waals surface area contributed by atoms with Gasteiger partial charge in [0.25, 0.3) is 0 Å². The zero-order valence-electron chi connectivity index (χ0n) is 9.61. The highest BCUT2D eigenvalue weighted by Crippen LogP contribution is 2.20. The summed E-state index contributed by atoms with van der Waals surface area (Å²) in [5, 5.41) is 0. The second kappa shape index (κ2) is 4.61. The van der Waals surface area contributed by atoms with Crippen molar-refractivity contribution in [1.29, 1.82) is 0 Å². The second-order valence-corrected chi connectivity index (χ2v) is 4.81. The Morgan fingerprint density at radius 3 is 2.93 bits per heavy atom. The maximum absolute atomic E-state index is 4.62. The Bertz CT molecular complexity index is 352. The molecule has 1 aromatic carbocycles. The van der Waals surface area contributed by atoms with Crippen LogP contribution >= 0.6 is 0 Å². The van der Waals surface area contributed by atoms with Crippen molar-refractivity contribution in [1.82, 2.24) is 0 Å². The smallest absolute Gasteiger partial charge is 0.0540 e. The molecular formula is C14H19N. The molecule has 0 spiro atoms. The summed E-state index contributed by atoms with van der Waals surface area (Å²) in [4.78, 5) is 4.62. The molecule has 0 aliphatic carbocycles. The van der Waals surface area contributed by atoms with Crippen LogP contribution in [0.4, 0.5) is 0 Å². The molecule has 0 amide bonds. The Kier molecular flexibility index (Phi) is 3.20. The fourth-order valence-corrected chi connectivity index (χ4v) is 2.04. The van der Waals surface area contributed by atoms with E-state index in [0.717, 1.165) is 12.3 Å². The van der Waals surface area contributed by atoms with Crippen LogP contribution in [0.2, 0.25) is 0 Å². The van der Waals surface area contributed by atoms with Gasteiger partial charge in [-0.05, 0) is 36.3 Å². The first-order chi connectivity index (χ1) is 7.25. The van der Waals surface area contributed by atoms with Gasteiger partial charge in [-0.1, -0.05) is 38.1 Å². The first-order valence-corrected chi connectivity index (χ1v) is 5.87. The zero-order valence-corrected chi connectivity index (χ0v) is 9.61. The number of rotatable bonds is 3. The second-order valence-electron chi connectivity index (χ2n) is 4.81. The quantitative estimate of drug-likeness (QED) is 0.710. The van der Waals surface area contributed by atoms with Crippen molar-refractivity contribution in [3.8, 4) is 0 Å². The molecular weight excluding hydrogens is 182 g/mol. The molecule has 1 heteroatoms. The molecule has 0 saturated carbocycles. The number of hydrogen-bond acceptors (Lipinski definition) is 1. The SMILES string of the molecule is CC(C)CCC1Cc2ccccc2C=N1. The average Bonchev–Trinajstić information content (AvgIpc) is 2.26. The summed E-state index contributed by atoms with van der Waals surface area (Å²) in [6, 6.07) is 9.10. The van der Waals surface area contributed by atoms with Gasteiger partial charge in [0.1, 0.15) is 0 Å². The fraction of sp³-hybridized carbons (Fsp3) is 0.500. The van der Waals surface area contributed by atoms with E-state index in [0.29, 0.717) is 6.04 Å². The van der Waals surface area contributed by atoms with Gasteiger partial charge in [0.15, 0.2) is 0 Å². The molecule has 1 aromatic rings. The summed E-state index contributed by atoms with van der Waals surface area (Å²) >= 11 is 0. The van der Waals surface area contributed by atoms with Crippen molar-refractivity contribution in [3.63, 3.8) is 0 Å². The molecule has 1 unspecified atom stereocenters. The molecule has 0 fully saturated rings. The van der Waals surface area contributed by atoms with Crippen LogP contribution in [0.25, 0.3) is 0 Å². The van der Waals surface area contributed by atoms with E-state index in [2.05, 4.69) is 43.1 Å². The number of hydrogen-bond donors (Lipinski definition) is 0. The van der Waals surface area contributed by atoms with Gasteiger partial charge in [0.2, 0.25) is 0 Å². The van der Waals surface area contributed by atoms with Crippen molar-refractivity contribution in [3.05, 3.63) is 35.4 Å². The maximum atomic E-state index is 4.62. The number of aliphatic imine (C=N–C) groups is 1. The Morgan fingerprint density at radius 1 is 1.33 bits per heavy atom. The van der Waals surface area contributed by atoms with Gasteiger partial charge in [-0.15, -0.1) is 0 Å². The number of benzene rings is 1. The van der Waals surface area contributed by atoms with Gasteiger partial charge in [-0.25, -0.2) is 0 Å². The highest BCUT2D eigenvalue weighted by molar-refractivity contribution is 5.83. The normalized spacial score (nSPS) is 19.3. The Balaban J connectivity index is 2.00. The van der Waals surface area contributed by atoms with E-state index in [1.165, 1.54) is 24.0 Å². The Labute approximate surface area is 92.2 Å². The summed E-state index contributed by atoms with van der Waals surface area (Å²) in [6.45, 7) is 4.56. The van der Waals surface area contributed by atoms with Crippen molar-refractivity contribution < 1.29 is 0 Å². The van der Waals surface area contributed by atoms with Crippen molar-refractivity contribution in [2.24, 2.45) is 10.9 Å². The minimum Gasteiger partial charge on any atom is -0.289 e. The first kappa shape index (κ1) is 10.4. The van der Waals surface area contributed by atoms with Gasteiger partial charge in [0, 0.05) is 6.21 Å². The van der Waals surface area contributed by atoms with Gasteiger partial charge < -0.3 is 0 Å². The van der Waals surface area contributed by atoms with Crippen LogP contribution < -0.4 is 0 Å². The van der Waals surface area contributed by atoms with E-state index >= 15 is 0 Å². The largest absolute Gasteiger partial charge is 0.289 e. The van der Waals surface area contributed by atoms with Crippen LogP contribution in [0.15, 0.2) is 29.3 Å². The van der Waals surface area contributed by atoms with Gasteiger partial charge in [0.05, 0.1) is 6.04 Å². The lowest BCUT2D eigenvalue weighted by Crippen LogP contribution is -2.15. The summed E-state index contributed by atoms with van der Waals surface area (Å²) in [7, 11) is 0. The maximum Gasteiger partial charge on any atom is 0.0540 e. The first-order valence-electron chi connectivity index (χ1n) is 5.87.